The van der Waals surface area contributed by atoms with Gasteiger partial charge in [-0.25, -0.2) is 4.98 Å². The van der Waals surface area contributed by atoms with Crippen LogP contribution in [-0.4, -0.2) is 44.7 Å². The van der Waals surface area contributed by atoms with Gasteiger partial charge in [0.05, 0.1) is 6.33 Å². The Bertz CT molecular complexity index is 553. The fourth-order valence-corrected chi connectivity index (χ4v) is 2.51. The second kappa shape index (κ2) is 4.41. The lowest BCUT2D eigenvalue weighted by molar-refractivity contribution is 0.263. The van der Waals surface area contributed by atoms with Gasteiger partial charge in [0.2, 0.25) is 5.95 Å². The SMILES string of the molecule is Nc1nc(N2CCC(CCO)C2)c2[nH]cnc2n1. The molecule has 2 aromatic rings. The molecule has 1 aliphatic rings. The molecule has 3 heterocycles. The zero-order valence-corrected chi connectivity index (χ0v) is 10.0. The Hall–Kier alpha value is -1.89. The number of hydrogen-bond donors (Lipinski definition) is 3. The van der Waals surface area contributed by atoms with Crippen molar-refractivity contribution in [2.45, 2.75) is 12.8 Å². The molecule has 0 aromatic carbocycles. The summed E-state index contributed by atoms with van der Waals surface area (Å²) >= 11 is 0. The largest absolute Gasteiger partial charge is 0.396 e. The molecule has 96 valence electrons. The number of rotatable bonds is 3. The molecule has 1 aliphatic heterocycles. The van der Waals surface area contributed by atoms with E-state index in [1.54, 1.807) is 6.33 Å². The zero-order chi connectivity index (χ0) is 12.5. The third-order valence-electron chi connectivity index (χ3n) is 3.41. The maximum Gasteiger partial charge on any atom is 0.224 e. The minimum Gasteiger partial charge on any atom is -0.396 e. The van der Waals surface area contributed by atoms with Crippen LogP contribution < -0.4 is 10.6 Å². The van der Waals surface area contributed by atoms with E-state index < -0.39 is 0 Å². The summed E-state index contributed by atoms with van der Waals surface area (Å²) in [6, 6.07) is 0. The Morgan fingerprint density at radius 1 is 1.50 bits per heavy atom. The molecule has 1 saturated heterocycles. The minimum atomic E-state index is 0.240. The Morgan fingerprint density at radius 3 is 3.22 bits per heavy atom. The average molecular weight is 248 g/mol. The summed E-state index contributed by atoms with van der Waals surface area (Å²) in [5, 5.41) is 8.99. The predicted molar refractivity (Wildman–Crippen MR) is 68.1 cm³/mol. The summed E-state index contributed by atoms with van der Waals surface area (Å²) in [5.41, 5.74) is 7.13. The molecule has 1 fully saturated rings. The van der Waals surface area contributed by atoms with Gasteiger partial charge in [-0.1, -0.05) is 0 Å². The fraction of sp³-hybridized carbons (Fsp3) is 0.545. The van der Waals surface area contributed by atoms with E-state index in [-0.39, 0.29) is 12.6 Å². The fourth-order valence-electron chi connectivity index (χ4n) is 2.51. The van der Waals surface area contributed by atoms with E-state index in [9.17, 15) is 0 Å². The van der Waals surface area contributed by atoms with E-state index in [1.807, 2.05) is 0 Å². The molecular weight excluding hydrogens is 232 g/mol. The van der Waals surface area contributed by atoms with Crippen molar-refractivity contribution in [2.24, 2.45) is 5.92 Å². The van der Waals surface area contributed by atoms with Crippen LogP contribution in [-0.2, 0) is 0 Å². The van der Waals surface area contributed by atoms with Crippen molar-refractivity contribution < 1.29 is 5.11 Å². The van der Waals surface area contributed by atoms with Crippen LogP contribution >= 0.6 is 0 Å². The molecule has 0 radical (unpaired) electrons. The van der Waals surface area contributed by atoms with Gasteiger partial charge >= 0.3 is 0 Å². The standard InChI is InChI=1S/C11H16N6O/c12-11-15-9-8(13-6-14-9)10(16-11)17-3-1-7(5-17)2-4-18/h6-7,18H,1-5H2,(H3,12,13,14,15,16). The highest BCUT2D eigenvalue weighted by Crippen LogP contribution is 2.28. The van der Waals surface area contributed by atoms with E-state index in [4.69, 9.17) is 10.8 Å². The maximum absolute atomic E-state index is 8.99. The van der Waals surface area contributed by atoms with Crippen molar-refractivity contribution >= 4 is 22.9 Å². The molecule has 0 saturated carbocycles. The predicted octanol–water partition coefficient (Wildman–Crippen LogP) is 0.144. The van der Waals surface area contributed by atoms with E-state index in [2.05, 4.69) is 24.8 Å². The van der Waals surface area contributed by atoms with Crippen LogP contribution in [0.15, 0.2) is 6.33 Å². The molecule has 0 amide bonds. The van der Waals surface area contributed by atoms with Crippen molar-refractivity contribution in [1.29, 1.82) is 0 Å². The monoisotopic (exact) mass is 248 g/mol. The lowest BCUT2D eigenvalue weighted by atomic mass is 10.1. The molecule has 3 rings (SSSR count). The zero-order valence-electron chi connectivity index (χ0n) is 10.0. The van der Waals surface area contributed by atoms with Gasteiger partial charge in [-0.15, -0.1) is 0 Å². The van der Waals surface area contributed by atoms with Crippen molar-refractivity contribution in [2.75, 3.05) is 30.3 Å². The number of aliphatic hydroxyl groups excluding tert-OH is 1. The van der Waals surface area contributed by atoms with Gasteiger partial charge in [0.25, 0.3) is 0 Å². The van der Waals surface area contributed by atoms with Gasteiger partial charge in [-0.05, 0) is 18.8 Å². The van der Waals surface area contributed by atoms with Crippen molar-refractivity contribution in [3.8, 4) is 0 Å². The Kier molecular flexibility index (Phi) is 2.75. The lowest BCUT2D eigenvalue weighted by Gasteiger charge is -2.17. The Labute approximate surface area is 104 Å². The first-order chi connectivity index (χ1) is 8.78. The molecule has 0 bridgehead atoms. The third kappa shape index (κ3) is 1.86. The number of aliphatic hydroxyl groups is 1. The van der Waals surface area contributed by atoms with E-state index in [0.29, 0.717) is 11.6 Å². The van der Waals surface area contributed by atoms with Crippen molar-refractivity contribution in [3.05, 3.63) is 6.33 Å². The lowest BCUT2D eigenvalue weighted by Crippen LogP contribution is -2.22. The van der Waals surface area contributed by atoms with Gasteiger partial charge < -0.3 is 20.7 Å². The van der Waals surface area contributed by atoms with Crippen LogP contribution in [0.2, 0.25) is 0 Å². The molecule has 1 unspecified atom stereocenters. The number of nitrogen functional groups attached to an aromatic ring is 1. The number of aromatic amines is 1. The van der Waals surface area contributed by atoms with Gasteiger partial charge in [0.1, 0.15) is 5.52 Å². The molecule has 7 nitrogen and oxygen atoms in total. The van der Waals surface area contributed by atoms with Crippen LogP contribution in [0.25, 0.3) is 11.2 Å². The summed E-state index contributed by atoms with van der Waals surface area (Å²) in [5.74, 6) is 1.58. The van der Waals surface area contributed by atoms with Crippen LogP contribution in [0.5, 0.6) is 0 Å². The minimum absolute atomic E-state index is 0.240. The van der Waals surface area contributed by atoms with Gasteiger partial charge in [0, 0.05) is 19.7 Å². The van der Waals surface area contributed by atoms with Crippen molar-refractivity contribution in [3.63, 3.8) is 0 Å². The number of aromatic nitrogens is 4. The number of nitrogens with two attached hydrogens (primary N) is 1. The molecule has 4 N–H and O–H groups in total. The first-order valence-electron chi connectivity index (χ1n) is 6.10. The Balaban J connectivity index is 1.92. The van der Waals surface area contributed by atoms with Gasteiger partial charge in [-0.3, -0.25) is 0 Å². The summed E-state index contributed by atoms with van der Waals surface area (Å²) in [6.07, 6.45) is 3.51. The number of H-pyrrole nitrogens is 1. The molecule has 18 heavy (non-hydrogen) atoms. The van der Waals surface area contributed by atoms with Crippen molar-refractivity contribution in [1.82, 2.24) is 19.9 Å². The quantitative estimate of drug-likeness (QED) is 0.714. The Morgan fingerprint density at radius 2 is 2.39 bits per heavy atom. The summed E-state index contributed by atoms with van der Waals surface area (Å²) in [7, 11) is 0. The first kappa shape index (κ1) is 11.2. The number of nitrogens with zero attached hydrogens (tertiary/aromatic N) is 4. The smallest absolute Gasteiger partial charge is 0.224 e. The molecule has 7 heteroatoms. The number of nitrogens with one attached hydrogen (secondary N) is 1. The van der Waals surface area contributed by atoms with Gasteiger partial charge in [0.15, 0.2) is 11.5 Å². The summed E-state index contributed by atoms with van der Waals surface area (Å²) < 4.78 is 0. The molecular formula is C11H16N6O. The third-order valence-corrected chi connectivity index (χ3v) is 3.41. The highest BCUT2D eigenvalue weighted by molar-refractivity contribution is 5.84. The number of imidazole rings is 1. The van der Waals surface area contributed by atoms with E-state index in [1.165, 1.54) is 0 Å². The topological polar surface area (TPSA) is 104 Å². The highest BCUT2D eigenvalue weighted by atomic mass is 16.3. The molecule has 1 atom stereocenters. The highest BCUT2D eigenvalue weighted by Gasteiger charge is 2.25. The molecule has 0 aliphatic carbocycles. The summed E-state index contributed by atoms with van der Waals surface area (Å²) in [4.78, 5) is 17.7. The van der Waals surface area contributed by atoms with Gasteiger partial charge in [-0.2, -0.15) is 9.97 Å². The number of anilines is 2. The maximum atomic E-state index is 8.99. The van der Waals surface area contributed by atoms with Crippen LogP contribution in [0.4, 0.5) is 11.8 Å². The summed E-state index contributed by atoms with van der Waals surface area (Å²) in [6.45, 7) is 2.06. The normalized spacial score (nSPS) is 19.8. The van der Waals surface area contributed by atoms with Crippen LogP contribution in [0.1, 0.15) is 12.8 Å². The molecule has 2 aromatic heterocycles. The number of hydrogen-bond acceptors (Lipinski definition) is 6. The van der Waals surface area contributed by atoms with Crippen LogP contribution in [0.3, 0.4) is 0 Å². The van der Waals surface area contributed by atoms with E-state index in [0.717, 1.165) is 37.3 Å². The second-order valence-electron chi connectivity index (χ2n) is 4.62. The second-order valence-corrected chi connectivity index (χ2v) is 4.62. The average Bonchev–Trinajstić information content (AvgIpc) is 2.96. The van der Waals surface area contributed by atoms with Crippen LogP contribution in [0, 0.1) is 5.92 Å². The number of fused-ring (bicyclic) bond motifs is 1. The molecule has 0 spiro atoms. The van der Waals surface area contributed by atoms with E-state index >= 15 is 0 Å². The first-order valence-corrected chi connectivity index (χ1v) is 6.10.